The largest absolute Gasteiger partial charge is 0.480 e. The van der Waals surface area contributed by atoms with Crippen LogP contribution in [0.2, 0.25) is 0 Å². The minimum Gasteiger partial charge on any atom is -0.480 e. The van der Waals surface area contributed by atoms with E-state index in [9.17, 15) is 4.79 Å². The predicted octanol–water partition coefficient (Wildman–Crippen LogP) is 0.779. The lowest BCUT2D eigenvalue weighted by molar-refractivity contribution is -0.145. The van der Waals surface area contributed by atoms with Gasteiger partial charge in [0.1, 0.15) is 6.61 Å². The Labute approximate surface area is 83.9 Å². The first-order valence-corrected chi connectivity index (χ1v) is 4.27. The van der Waals surface area contributed by atoms with Crippen molar-refractivity contribution in [2.75, 3.05) is 6.61 Å². The normalized spacial score (nSPS) is 27.8. The number of carboxylic acids is 1. The fourth-order valence-electron chi connectivity index (χ4n) is 1.44. The van der Waals surface area contributed by atoms with Crippen LogP contribution in [0.4, 0.5) is 0 Å². The standard InChI is InChI=1S/C8H15NO3.ClH/c9-6-1-3-7(4-2-6)12-5-8(10)11;/h6-7H,1-5,9H2,(H,10,11);1H. The molecule has 0 radical (unpaired) electrons. The van der Waals surface area contributed by atoms with Crippen molar-refractivity contribution in [2.24, 2.45) is 5.73 Å². The average Bonchev–Trinajstić information content (AvgIpc) is 2.03. The van der Waals surface area contributed by atoms with Crippen molar-refractivity contribution >= 4 is 18.4 Å². The van der Waals surface area contributed by atoms with E-state index in [-0.39, 0.29) is 31.2 Å². The van der Waals surface area contributed by atoms with E-state index in [1.54, 1.807) is 0 Å². The van der Waals surface area contributed by atoms with Crippen molar-refractivity contribution in [1.29, 1.82) is 0 Å². The maximum atomic E-state index is 10.2. The lowest BCUT2D eigenvalue weighted by atomic mass is 9.94. The molecule has 0 heterocycles. The molecule has 3 N–H and O–H groups in total. The predicted molar refractivity (Wildman–Crippen MR) is 51.1 cm³/mol. The van der Waals surface area contributed by atoms with E-state index in [1.807, 2.05) is 0 Å². The van der Waals surface area contributed by atoms with Crippen LogP contribution in [0.15, 0.2) is 0 Å². The summed E-state index contributed by atoms with van der Waals surface area (Å²) in [5, 5.41) is 8.35. The van der Waals surface area contributed by atoms with Gasteiger partial charge in [0.25, 0.3) is 0 Å². The topological polar surface area (TPSA) is 72.5 Å². The molecule has 0 saturated heterocycles. The molecule has 0 aliphatic heterocycles. The number of ether oxygens (including phenoxy) is 1. The van der Waals surface area contributed by atoms with E-state index in [0.29, 0.717) is 0 Å². The molecule has 0 unspecified atom stereocenters. The smallest absolute Gasteiger partial charge is 0.329 e. The maximum Gasteiger partial charge on any atom is 0.329 e. The summed E-state index contributed by atoms with van der Waals surface area (Å²) in [4.78, 5) is 10.2. The minimum absolute atomic E-state index is 0. The van der Waals surface area contributed by atoms with Crippen LogP contribution in [0.25, 0.3) is 0 Å². The van der Waals surface area contributed by atoms with Crippen molar-refractivity contribution in [3.63, 3.8) is 0 Å². The second kappa shape index (κ2) is 6.18. The highest BCUT2D eigenvalue weighted by molar-refractivity contribution is 5.85. The summed E-state index contributed by atoms with van der Waals surface area (Å²) in [5.41, 5.74) is 5.68. The van der Waals surface area contributed by atoms with E-state index in [0.717, 1.165) is 25.7 Å². The molecular formula is C8H16ClNO3. The van der Waals surface area contributed by atoms with Gasteiger partial charge in [0.2, 0.25) is 0 Å². The molecule has 1 aliphatic rings. The highest BCUT2D eigenvalue weighted by atomic mass is 35.5. The number of nitrogens with two attached hydrogens (primary N) is 1. The Hall–Kier alpha value is -0.320. The summed E-state index contributed by atoms with van der Waals surface area (Å²) in [5.74, 6) is -0.898. The van der Waals surface area contributed by atoms with E-state index in [4.69, 9.17) is 15.6 Å². The number of carboxylic acid groups (broad SMARTS) is 1. The van der Waals surface area contributed by atoms with Gasteiger partial charge in [-0.15, -0.1) is 12.4 Å². The quantitative estimate of drug-likeness (QED) is 0.721. The van der Waals surface area contributed by atoms with Crippen molar-refractivity contribution in [2.45, 2.75) is 37.8 Å². The highest BCUT2D eigenvalue weighted by Gasteiger charge is 2.19. The Bertz CT molecular complexity index is 157. The minimum atomic E-state index is -0.898. The number of halogens is 1. The van der Waals surface area contributed by atoms with Crippen LogP contribution < -0.4 is 5.73 Å². The lowest BCUT2D eigenvalue weighted by Crippen LogP contribution is -2.31. The van der Waals surface area contributed by atoms with Gasteiger partial charge >= 0.3 is 5.97 Å². The molecule has 13 heavy (non-hydrogen) atoms. The van der Waals surface area contributed by atoms with E-state index >= 15 is 0 Å². The second-order valence-corrected chi connectivity index (χ2v) is 3.24. The third-order valence-electron chi connectivity index (χ3n) is 2.16. The Kier molecular flexibility index (Phi) is 6.03. The third kappa shape index (κ3) is 5.08. The van der Waals surface area contributed by atoms with Crippen LogP contribution in [0, 0.1) is 0 Å². The van der Waals surface area contributed by atoms with Crippen molar-refractivity contribution < 1.29 is 14.6 Å². The first-order chi connectivity index (χ1) is 5.68. The molecule has 1 rings (SSSR count). The van der Waals surface area contributed by atoms with Gasteiger partial charge in [0.15, 0.2) is 0 Å². The third-order valence-corrected chi connectivity index (χ3v) is 2.16. The van der Waals surface area contributed by atoms with Gasteiger partial charge in [-0.1, -0.05) is 0 Å². The zero-order chi connectivity index (χ0) is 8.97. The van der Waals surface area contributed by atoms with Crippen LogP contribution >= 0.6 is 12.4 Å². The molecule has 0 aromatic rings. The molecule has 5 heteroatoms. The van der Waals surface area contributed by atoms with E-state index in [1.165, 1.54) is 0 Å². The highest BCUT2D eigenvalue weighted by Crippen LogP contribution is 2.19. The Balaban J connectivity index is 0.00000144. The summed E-state index contributed by atoms with van der Waals surface area (Å²) < 4.78 is 5.14. The molecule has 0 aromatic heterocycles. The number of aliphatic carboxylic acids is 1. The molecule has 78 valence electrons. The first-order valence-electron chi connectivity index (χ1n) is 4.27. The maximum absolute atomic E-state index is 10.2. The molecular weight excluding hydrogens is 194 g/mol. The lowest BCUT2D eigenvalue weighted by Gasteiger charge is -2.25. The summed E-state index contributed by atoms with van der Waals surface area (Å²) in [6, 6.07) is 0.287. The number of rotatable bonds is 3. The van der Waals surface area contributed by atoms with Crippen LogP contribution in [-0.2, 0) is 9.53 Å². The van der Waals surface area contributed by atoms with Crippen LogP contribution in [0.1, 0.15) is 25.7 Å². The Morgan fingerprint density at radius 1 is 1.38 bits per heavy atom. The van der Waals surface area contributed by atoms with Gasteiger partial charge < -0.3 is 15.6 Å². The van der Waals surface area contributed by atoms with Gasteiger partial charge in [0, 0.05) is 6.04 Å². The monoisotopic (exact) mass is 209 g/mol. The number of carbonyl (C=O) groups is 1. The molecule has 1 saturated carbocycles. The van der Waals surface area contributed by atoms with Gasteiger partial charge in [-0.25, -0.2) is 4.79 Å². The van der Waals surface area contributed by atoms with Gasteiger partial charge in [-0.2, -0.15) is 0 Å². The molecule has 0 amide bonds. The Morgan fingerprint density at radius 3 is 2.38 bits per heavy atom. The van der Waals surface area contributed by atoms with Crippen LogP contribution in [0.3, 0.4) is 0 Å². The number of hydrogen-bond donors (Lipinski definition) is 2. The summed E-state index contributed by atoms with van der Waals surface area (Å²) in [6.07, 6.45) is 3.80. The second-order valence-electron chi connectivity index (χ2n) is 3.24. The molecule has 1 aliphatic carbocycles. The molecule has 0 spiro atoms. The zero-order valence-electron chi connectivity index (χ0n) is 7.44. The van der Waals surface area contributed by atoms with Crippen LogP contribution in [0.5, 0.6) is 0 Å². The van der Waals surface area contributed by atoms with E-state index < -0.39 is 5.97 Å². The van der Waals surface area contributed by atoms with E-state index in [2.05, 4.69) is 0 Å². The summed E-state index contributed by atoms with van der Waals surface area (Å²) in [7, 11) is 0. The fourth-order valence-corrected chi connectivity index (χ4v) is 1.44. The summed E-state index contributed by atoms with van der Waals surface area (Å²) in [6.45, 7) is -0.181. The van der Waals surface area contributed by atoms with Crippen molar-refractivity contribution in [3.8, 4) is 0 Å². The fraction of sp³-hybridized carbons (Fsp3) is 0.875. The van der Waals surface area contributed by atoms with Crippen molar-refractivity contribution in [3.05, 3.63) is 0 Å². The molecule has 0 atom stereocenters. The van der Waals surface area contributed by atoms with Crippen LogP contribution in [-0.4, -0.2) is 29.8 Å². The number of hydrogen-bond acceptors (Lipinski definition) is 3. The molecule has 4 nitrogen and oxygen atoms in total. The molecule has 0 aromatic carbocycles. The molecule has 1 fully saturated rings. The Morgan fingerprint density at radius 2 is 1.92 bits per heavy atom. The average molecular weight is 210 g/mol. The van der Waals surface area contributed by atoms with Gasteiger partial charge in [-0.05, 0) is 25.7 Å². The van der Waals surface area contributed by atoms with Gasteiger partial charge in [-0.3, -0.25) is 0 Å². The summed E-state index contributed by atoms with van der Waals surface area (Å²) >= 11 is 0. The van der Waals surface area contributed by atoms with Crippen molar-refractivity contribution in [1.82, 2.24) is 0 Å². The van der Waals surface area contributed by atoms with Gasteiger partial charge in [0.05, 0.1) is 6.10 Å². The molecule has 0 bridgehead atoms. The first kappa shape index (κ1) is 12.7. The zero-order valence-corrected chi connectivity index (χ0v) is 8.26. The SMILES string of the molecule is Cl.NC1CCC(OCC(=O)O)CC1.